The van der Waals surface area contributed by atoms with Crippen LogP contribution in [0, 0.1) is 6.92 Å². The minimum Gasteiger partial charge on any atom is -0.481 e. The first kappa shape index (κ1) is 13.4. The van der Waals surface area contributed by atoms with E-state index in [1.165, 1.54) is 6.20 Å². The number of sulfonamides is 1. The molecular weight excluding hydrogens is 244 g/mol. The van der Waals surface area contributed by atoms with Gasteiger partial charge < -0.3 is 5.11 Å². The number of aliphatic carboxylic acids is 1. The molecule has 0 atom stereocenters. The smallest absolute Gasteiger partial charge is 0.303 e. The number of pyridine rings is 1. The fourth-order valence-electron chi connectivity index (χ4n) is 1.20. The first-order valence-electron chi connectivity index (χ1n) is 5.04. The van der Waals surface area contributed by atoms with Gasteiger partial charge in [-0.2, -0.15) is 0 Å². The van der Waals surface area contributed by atoms with E-state index in [-0.39, 0.29) is 24.4 Å². The first-order chi connectivity index (χ1) is 7.91. The minimum absolute atomic E-state index is 0.0799. The van der Waals surface area contributed by atoms with Crippen molar-refractivity contribution in [1.82, 2.24) is 4.98 Å². The molecule has 1 aromatic rings. The van der Waals surface area contributed by atoms with Gasteiger partial charge >= 0.3 is 5.97 Å². The summed E-state index contributed by atoms with van der Waals surface area (Å²) in [7, 11) is -3.53. The molecule has 0 saturated heterocycles. The summed E-state index contributed by atoms with van der Waals surface area (Å²) in [5.74, 6) is -0.952. The molecule has 6 nitrogen and oxygen atoms in total. The van der Waals surface area contributed by atoms with Gasteiger partial charge in [0.05, 0.1) is 5.75 Å². The van der Waals surface area contributed by atoms with E-state index in [4.69, 9.17) is 5.11 Å². The average Bonchev–Trinajstić information content (AvgIpc) is 2.20. The van der Waals surface area contributed by atoms with Gasteiger partial charge in [0.15, 0.2) is 0 Å². The van der Waals surface area contributed by atoms with Crippen molar-refractivity contribution in [3.05, 3.63) is 23.9 Å². The number of hydrogen-bond donors (Lipinski definition) is 2. The van der Waals surface area contributed by atoms with E-state index in [9.17, 15) is 13.2 Å². The standard InChI is InChI=1S/C10H14N2O4S/c1-8-4-2-6-11-10(8)12-17(15,16)7-3-5-9(13)14/h2,4,6H,3,5,7H2,1H3,(H,11,12)(H,13,14). The van der Waals surface area contributed by atoms with Crippen LogP contribution in [0.2, 0.25) is 0 Å². The zero-order chi connectivity index (χ0) is 12.9. The molecule has 1 rings (SSSR count). The third-order valence-electron chi connectivity index (χ3n) is 2.07. The van der Waals surface area contributed by atoms with Crippen LogP contribution in [0.25, 0.3) is 0 Å². The maximum Gasteiger partial charge on any atom is 0.303 e. The van der Waals surface area contributed by atoms with Gasteiger partial charge in [-0.05, 0) is 25.0 Å². The average molecular weight is 258 g/mol. The Morgan fingerprint density at radius 1 is 1.53 bits per heavy atom. The largest absolute Gasteiger partial charge is 0.481 e. The summed E-state index contributed by atoms with van der Waals surface area (Å²) in [6, 6.07) is 3.44. The number of aromatic nitrogens is 1. The molecule has 0 aliphatic rings. The molecule has 94 valence electrons. The highest BCUT2D eigenvalue weighted by Gasteiger charge is 2.13. The molecule has 0 radical (unpaired) electrons. The maximum atomic E-state index is 11.6. The fraction of sp³-hybridized carbons (Fsp3) is 0.400. The van der Waals surface area contributed by atoms with Crippen molar-refractivity contribution >= 4 is 21.8 Å². The van der Waals surface area contributed by atoms with Gasteiger partial charge in [0.2, 0.25) is 10.0 Å². The Morgan fingerprint density at radius 2 is 2.24 bits per heavy atom. The van der Waals surface area contributed by atoms with Crippen LogP contribution in [0.3, 0.4) is 0 Å². The van der Waals surface area contributed by atoms with Gasteiger partial charge in [0.25, 0.3) is 0 Å². The Hall–Kier alpha value is -1.63. The second kappa shape index (κ2) is 5.62. The number of carboxylic acids is 1. The Labute approximate surface area is 99.7 Å². The predicted molar refractivity (Wildman–Crippen MR) is 63.3 cm³/mol. The van der Waals surface area contributed by atoms with Crippen molar-refractivity contribution in [3.63, 3.8) is 0 Å². The molecule has 0 aliphatic carbocycles. The van der Waals surface area contributed by atoms with Crippen LogP contribution >= 0.6 is 0 Å². The summed E-state index contributed by atoms with van der Waals surface area (Å²) < 4.78 is 25.5. The summed E-state index contributed by atoms with van der Waals surface area (Å²) in [5.41, 5.74) is 0.717. The number of rotatable bonds is 6. The molecule has 17 heavy (non-hydrogen) atoms. The minimum atomic E-state index is -3.53. The van der Waals surface area contributed by atoms with Crippen LogP contribution in [0.4, 0.5) is 5.82 Å². The SMILES string of the molecule is Cc1cccnc1NS(=O)(=O)CCCC(=O)O. The lowest BCUT2D eigenvalue weighted by atomic mass is 10.3. The second-order valence-electron chi connectivity index (χ2n) is 3.59. The van der Waals surface area contributed by atoms with Gasteiger partial charge in [-0.1, -0.05) is 6.07 Å². The molecule has 0 saturated carbocycles. The maximum absolute atomic E-state index is 11.6. The van der Waals surface area contributed by atoms with Gasteiger partial charge in [0, 0.05) is 12.6 Å². The molecule has 0 amide bonds. The molecule has 0 aromatic carbocycles. The van der Waals surface area contributed by atoms with Crippen LogP contribution in [-0.2, 0) is 14.8 Å². The van der Waals surface area contributed by atoms with Crippen LogP contribution in [0.5, 0.6) is 0 Å². The monoisotopic (exact) mass is 258 g/mol. The fourth-order valence-corrected chi connectivity index (χ4v) is 2.34. The number of nitrogens with zero attached hydrogens (tertiary/aromatic N) is 1. The van der Waals surface area contributed by atoms with E-state index in [0.29, 0.717) is 5.56 Å². The molecule has 0 bridgehead atoms. The summed E-state index contributed by atoms with van der Waals surface area (Å²) in [4.78, 5) is 14.2. The van der Waals surface area contributed by atoms with E-state index in [1.807, 2.05) is 0 Å². The Morgan fingerprint density at radius 3 is 2.82 bits per heavy atom. The lowest BCUT2D eigenvalue weighted by Gasteiger charge is -2.08. The highest BCUT2D eigenvalue weighted by atomic mass is 32.2. The lowest BCUT2D eigenvalue weighted by molar-refractivity contribution is -0.137. The van der Waals surface area contributed by atoms with E-state index in [1.54, 1.807) is 19.1 Å². The molecule has 1 heterocycles. The van der Waals surface area contributed by atoms with Gasteiger partial charge in [-0.15, -0.1) is 0 Å². The summed E-state index contributed by atoms with van der Waals surface area (Å²) in [6.07, 6.45) is 1.40. The number of carboxylic acid groups (broad SMARTS) is 1. The molecule has 2 N–H and O–H groups in total. The van der Waals surface area contributed by atoms with Crippen LogP contribution < -0.4 is 4.72 Å². The third kappa shape index (κ3) is 4.81. The van der Waals surface area contributed by atoms with Crippen molar-refractivity contribution < 1.29 is 18.3 Å². The van der Waals surface area contributed by atoms with E-state index in [2.05, 4.69) is 9.71 Å². The molecule has 0 unspecified atom stereocenters. The van der Waals surface area contributed by atoms with Crippen molar-refractivity contribution in [2.75, 3.05) is 10.5 Å². The van der Waals surface area contributed by atoms with Crippen LogP contribution in [0.15, 0.2) is 18.3 Å². The molecule has 0 aliphatic heterocycles. The van der Waals surface area contributed by atoms with Crippen molar-refractivity contribution in [1.29, 1.82) is 0 Å². The van der Waals surface area contributed by atoms with Crippen LogP contribution in [-0.4, -0.2) is 30.2 Å². The topological polar surface area (TPSA) is 96.4 Å². The van der Waals surface area contributed by atoms with Crippen molar-refractivity contribution in [3.8, 4) is 0 Å². The molecule has 1 aromatic heterocycles. The van der Waals surface area contributed by atoms with Gasteiger partial charge in [0.1, 0.15) is 5.82 Å². The van der Waals surface area contributed by atoms with Gasteiger partial charge in [-0.3, -0.25) is 9.52 Å². The lowest BCUT2D eigenvalue weighted by Crippen LogP contribution is -2.18. The zero-order valence-corrected chi connectivity index (χ0v) is 10.2. The normalized spacial score (nSPS) is 11.1. The van der Waals surface area contributed by atoms with Crippen LogP contribution in [0.1, 0.15) is 18.4 Å². The highest BCUT2D eigenvalue weighted by molar-refractivity contribution is 7.92. The Bertz CT molecular complexity index is 499. The quantitative estimate of drug-likeness (QED) is 0.793. The summed E-state index contributed by atoms with van der Waals surface area (Å²) >= 11 is 0. The highest BCUT2D eigenvalue weighted by Crippen LogP contribution is 2.11. The summed E-state index contributed by atoms with van der Waals surface area (Å²) in [5, 5.41) is 8.42. The summed E-state index contributed by atoms with van der Waals surface area (Å²) in [6.45, 7) is 1.74. The van der Waals surface area contributed by atoms with E-state index < -0.39 is 16.0 Å². The number of hydrogen-bond acceptors (Lipinski definition) is 4. The molecule has 0 fully saturated rings. The molecular formula is C10H14N2O4S. The van der Waals surface area contributed by atoms with Crippen molar-refractivity contribution in [2.45, 2.75) is 19.8 Å². The Balaban J connectivity index is 2.61. The predicted octanol–water partition coefficient (Wildman–Crippen LogP) is 0.997. The zero-order valence-electron chi connectivity index (χ0n) is 9.38. The Kier molecular flexibility index (Phi) is 4.45. The molecule has 7 heteroatoms. The number of nitrogens with one attached hydrogen (secondary N) is 1. The van der Waals surface area contributed by atoms with E-state index >= 15 is 0 Å². The number of anilines is 1. The second-order valence-corrected chi connectivity index (χ2v) is 5.43. The van der Waals surface area contributed by atoms with Crippen molar-refractivity contribution in [2.24, 2.45) is 0 Å². The van der Waals surface area contributed by atoms with Gasteiger partial charge in [-0.25, -0.2) is 13.4 Å². The third-order valence-corrected chi connectivity index (χ3v) is 3.40. The number of aryl methyl sites for hydroxylation is 1. The molecule has 0 spiro atoms. The van der Waals surface area contributed by atoms with E-state index in [0.717, 1.165) is 0 Å². The number of carbonyl (C=O) groups is 1. The first-order valence-corrected chi connectivity index (χ1v) is 6.70.